The maximum absolute atomic E-state index is 12.3. The second-order valence-corrected chi connectivity index (χ2v) is 4.35. The molecule has 6 heteroatoms. The van der Waals surface area contributed by atoms with Gasteiger partial charge in [-0.25, -0.2) is 19.4 Å². The topological polar surface area (TPSA) is 75.9 Å². The molecule has 0 unspecified atom stereocenters. The van der Waals surface area contributed by atoms with Crippen LogP contribution >= 0.6 is 0 Å². The summed E-state index contributed by atoms with van der Waals surface area (Å²) in [5, 5.41) is 0. The standard InChI is InChI=1S/C14H9N5O/c20-12-8-10(13-15-6-3-7-16-13)18-14-17-9-4-1-2-5-11(9)19(12)14/h1-8H,(H,17,18). The fraction of sp³-hybridized carbons (Fsp3) is 0. The second-order valence-electron chi connectivity index (χ2n) is 4.35. The van der Waals surface area contributed by atoms with Crippen molar-refractivity contribution in [2.75, 3.05) is 0 Å². The summed E-state index contributed by atoms with van der Waals surface area (Å²) in [5.74, 6) is 0.959. The lowest BCUT2D eigenvalue weighted by atomic mass is 10.3. The molecule has 4 aromatic rings. The molecule has 0 bridgehead atoms. The molecule has 0 radical (unpaired) electrons. The van der Waals surface area contributed by atoms with Crippen LogP contribution in [0, 0.1) is 0 Å². The molecule has 20 heavy (non-hydrogen) atoms. The molecule has 0 atom stereocenters. The number of para-hydroxylation sites is 2. The van der Waals surface area contributed by atoms with Gasteiger partial charge >= 0.3 is 0 Å². The van der Waals surface area contributed by atoms with Gasteiger partial charge in [0, 0.05) is 18.5 Å². The number of H-pyrrole nitrogens is 1. The molecule has 0 aliphatic heterocycles. The summed E-state index contributed by atoms with van der Waals surface area (Å²) in [4.78, 5) is 28.1. The maximum atomic E-state index is 12.3. The number of hydrogen-bond donors (Lipinski definition) is 1. The summed E-state index contributed by atoms with van der Waals surface area (Å²) in [6, 6.07) is 10.7. The van der Waals surface area contributed by atoms with Gasteiger partial charge in [0.25, 0.3) is 5.56 Å². The number of imidazole rings is 1. The first kappa shape index (κ1) is 10.9. The summed E-state index contributed by atoms with van der Waals surface area (Å²) in [7, 11) is 0. The van der Waals surface area contributed by atoms with E-state index in [0.717, 1.165) is 11.0 Å². The van der Waals surface area contributed by atoms with Crippen LogP contribution in [0.25, 0.3) is 28.3 Å². The van der Waals surface area contributed by atoms with E-state index in [1.807, 2.05) is 24.3 Å². The fourth-order valence-electron chi connectivity index (χ4n) is 2.24. The summed E-state index contributed by atoms with van der Waals surface area (Å²) in [6.07, 6.45) is 3.26. The zero-order chi connectivity index (χ0) is 13.5. The van der Waals surface area contributed by atoms with Gasteiger partial charge in [-0.2, -0.15) is 0 Å². The van der Waals surface area contributed by atoms with Crippen molar-refractivity contribution < 1.29 is 0 Å². The average Bonchev–Trinajstić information content (AvgIpc) is 2.87. The van der Waals surface area contributed by atoms with Crippen molar-refractivity contribution in [3.8, 4) is 11.5 Å². The van der Waals surface area contributed by atoms with Gasteiger partial charge in [0.2, 0.25) is 5.78 Å². The van der Waals surface area contributed by atoms with Crippen LogP contribution in [0.1, 0.15) is 0 Å². The minimum atomic E-state index is -0.157. The summed E-state index contributed by atoms with van der Waals surface area (Å²) in [6.45, 7) is 0. The van der Waals surface area contributed by atoms with Crippen LogP contribution in [-0.4, -0.2) is 24.3 Å². The van der Waals surface area contributed by atoms with Crippen molar-refractivity contribution in [1.29, 1.82) is 0 Å². The van der Waals surface area contributed by atoms with Crippen molar-refractivity contribution in [1.82, 2.24) is 24.3 Å². The van der Waals surface area contributed by atoms with Gasteiger partial charge in [0.1, 0.15) is 0 Å². The van der Waals surface area contributed by atoms with E-state index in [-0.39, 0.29) is 5.56 Å². The third-order valence-corrected chi connectivity index (χ3v) is 3.10. The van der Waals surface area contributed by atoms with Crippen molar-refractivity contribution in [2.24, 2.45) is 0 Å². The third-order valence-electron chi connectivity index (χ3n) is 3.10. The number of rotatable bonds is 1. The Kier molecular flexibility index (Phi) is 2.17. The molecule has 0 aliphatic carbocycles. The monoisotopic (exact) mass is 263 g/mol. The van der Waals surface area contributed by atoms with E-state index < -0.39 is 0 Å². The van der Waals surface area contributed by atoms with E-state index in [2.05, 4.69) is 19.9 Å². The van der Waals surface area contributed by atoms with E-state index in [4.69, 9.17) is 0 Å². The minimum absolute atomic E-state index is 0.157. The zero-order valence-corrected chi connectivity index (χ0v) is 10.3. The number of fused-ring (bicyclic) bond motifs is 3. The van der Waals surface area contributed by atoms with Gasteiger partial charge in [0.05, 0.1) is 16.7 Å². The molecule has 0 saturated heterocycles. The van der Waals surface area contributed by atoms with Crippen LogP contribution in [0.5, 0.6) is 0 Å². The Morgan fingerprint density at radius 1 is 1.05 bits per heavy atom. The number of aromatic amines is 1. The summed E-state index contributed by atoms with van der Waals surface area (Å²) < 4.78 is 1.54. The SMILES string of the molecule is O=c1cc(-c2ncccn2)[nH]c2nc3ccccc3n12. The Morgan fingerprint density at radius 3 is 2.70 bits per heavy atom. The first-order valence-corrected chi connectivity index (χ1v) is 6.11. The molecular weight excluding hydrogens is 254 g/mol. The second kappa shape index (κ2) is 3.99. The van der Waals surface area contributed by atoms with Crippen LogP contribution in [0.2, 0.25) is 0 Å². The Hall–Kier alpha value is -3.02. The Labute approximate surface area is 112 Å². The maximum Gasteiger partial charge on any atom is 0.260 e. The highest BCUT2D eigenvalue weighted by Gasteiger charge is 2.10. The Morgan fingerprint density at radius 2 is 1.85 bits per heavy atom. The van der Waals surface area contributed by atoms with Crippen LogP contribution in [0.4, 0.5) is 0 Å². The first-order valence-electron chi connectivity index (χ1n) is 6.11. The van der Waals surface area contributed by atoms with E-state index in [1.165, 1.54) is 6.07 Å². The lowest BCUT2D eigenvalue weighted by molar-refractivity contribution is 1.06. The van der Waals surface area contributed by atoms with Crippen LogP contribution in [-0.2, 0) is 0 Å². The molecule has 0 aliphatic rings. The van der Waals surface area contributed by atoms with Gasteiger partial charge < -0.3 is 4.98 Å². The highest BCUT2D eigenvalue weighted by molar-refractivity contribution is 5.79. The molecule has 4 rings (SSSR count). The molecule has 6 nitrogen and oxygen atoms in total. The summed E-state index contributed by atoms with van der Waals surface area (Å²) >= 11 is 0. The van der Waals surface area contributed by atoms with Gasteiger partial charge in [0.15, 0.2) is 5.82 Å². The fourth-order valence-corrected chi connectivity index (χ4v) is 2.24. The third kappa shape index (κ3) is 1.51. The van der Waals surface area contributed by atoms with Crippen molar-refractivity contribution >= 4 is 16.8 Å². The van der Waals surface area contributed by atoms with Crippen molar-refractivity contribution in [2.45, 2.75) is 0 Å². The van der Waals surface area contributed by atoms with Crippen LogP contribution in [0.3, 0.4) is 0 Å². The Balaban J connectivity index is 2.09. The van der Waals surface area contributed by atoms with Gasteiger partial charge in [-0.05, 0) is 18.2 Å². The molecule has 3 aromatic heterocycles. The number of nitrogens with zero attached hydrogens (tertiary/aromatic N) is 4. The molecule has 3 heterocycles. The molecular formula is C14H9N5O. The van der Waals surface area contributed by atoms with E-state index in [9.17, 15) is 4.79 Å². The van der Waals surface area contributed by atoms with Crippen LogP contribution < -0.4 is 5.56 Å². The lowest BCUT2D eigenvalue weighted by Gasteiger charge is -2.00. The number of hydrogen-bond acceptors (Lipinski definition) is 4. The molecule has 1 aromatic carbocycles. The predicted molar refractivity (Wildman–Crippen MR) is 74.3 cm³/mol. The van der Waals surface area contributed by atoms with E-state index in [0.29, 0.717) is 17.3 Å². The molecule has 96 valence electrons. The summed E-state index contributed by atoms with van der Waals surface area (Å²) in [5.41, 5.74) is 1.95. The van der Waals surface area contributed by atoms with Gasteiger partial charge in [-0.1, -0.05) is 12.1 Å². The molecule has 0 spiro atoms. The zero-order valence-electron chi connectivity index (χ0n) is 10.3. The largest absolute Gasteiger partial charge is 0.322 e. The molecule has 0 amide bonds. The molecule has 1 N–H and O–H groups in total. The lowest BCUT2D eigenvalue weighted by Crippen LogP contribution is -2.13. The van der Waals surface area contributed by atoms with Crippen molar-refractivity contribution in [3.05, 3.63) is 59.1 Å². The average molecular weight is 263 g/mol. The quantitative estimate of drug-likeness (QED) is 0.566. The smallest absolute Gasteiger partial charge is 0.260 e. The number of benzene rings is 1. The van der Waals surface area contributed by atoms with E-state index in [1.54, 1.807) is 22.9 Å². The highest BCUT2D eigenvalue weighted by atomic mass is 16.1. The van der Waals surface area contributed by atoms with E-state index >= 15 is 0 Å². The number of nitrogens with one attached hydrogen (secondary N) is 1. The predicted octanol–water partition coefficient (Wildman–Crippen LogP) is 1.63. The first-order chi connectivity index (χ1) is 9.83. The van der Waals surface area contributed by atoms with Crippen LogP contribution in [0.15, 0.2) is 53.6 Å². The molecule has 0 saturated carbocycles. The van der Waals surface area contributed by atoms with Gasteiger partial charge in [-0.15, -0.1) is 0 Å². The normalized spacial score (nSPS) is 11.2. The highest BCUT2D eigenvalue weighted by Crippen LogP contribution is 2.15. The van der Waals surface area contributed by atoms with Crippen molar-refractivity contribution in [3.63, 3.8) is 0 Å². The number of aromatic nitrogens is 5. The van der Waals surface area contributed by atoms with Gasteiger partial charge in [-0.3, -0.25) is 4.79 Å². The molecule has 0 fully saturated rings. The Bertz CT molecular complexity index is 971. The minimum Gasteiger partial charge on any atom is -0.322 e.